The molecule has 100 valence electrons. The molecule has 0 aromatic heterocycles. The Morgan fingerprint density at radius 1 is 1.21 bits per heavy atom. The maximum Gasteiger partial charge on any atom is 0.142 e. The first-order valence-electron chi connectivity index (χ1n) is 5.98. The van der Waals surface area contributed by atoms with Crippen molar-refractivity contribution < 1.29 is 9.13 Å². The Morgan fingerprint density at radius 2 is 1.89 bits per heavy atom. The van der Waals surface area contributed by atoms with Crippen LogP contribution in [0.4, 0.5) is 4.39 Å². The van der Waals surface area contributed by atoms with Crippen LogP contribution in [-0.2, 0) is 6.61 Å². The highest BCUT2D eigenvalue weighted by Crippen LogP contribution is 2.19. The fourth-order valence-corrected chi connectivity index (χ4v) is 1.78. The van der Waals surface area contributed by atoms with Crippen LogP contribution in [0.3, 0.4) is 0 Å². The summed E-state index contributed by atoms with van der Waals surface area (Å²) in [5.74, 6) is 0.287. The van der Waals surface area contributed by atoms with Crippen molar-refractivity contribution >= 4 is 11.6 Å². The standard InChI is InChI=1S/C15H15ClFNO/c1-10(18)12-3-5-13(6-4-12)19-9-11-2-7-14(16)15(17)8-11/h2-8,10H,9,18H2,1H3/t10-/m0/s1. The molecular formula is C15H15ClFNO. The Bertz CT molecular complexity index is 555. The van der Waals surface area contributed by atoms with E-state index in [1.807, 2.05) is 31.2 Å². The van der Waals surface area contributed by atoms with E-state index >= 15 is 0 Å². The lowest BCUT2D eigenvalue weighted by molar-refractivity contribution is 0.305. The predicted octanol–water partition coefficient (Wildman–Crippen LogP) is 4.08. The van der Waals surface area contributed by atoms with Crippen molar-refractivity contribution in [2.75, 3.05) is 0 Å². The lowest BCUT2D eigenvalue weighted by atomic mass is 10.1. The quantitative estimate of drug-likeness (QED) is 0.915. The summed E-state index contributed by atoms with van der Waals surface area (Å²) in [6.45, 7) is 2.22. The van der Waals surface area contributed by atoms with Gasteiger partial charge in [0.05, 0.1) is 5.02 Å². The Balaban J connectivity index is 2.00. The molecule has 0 saturated carbocycles. The normalized spacial score (nSPS) is 12.2. The molecule has 0 radical (unpaired) electrons. The van der Waals surface area contributed by atoms with Crippen LogP contribution in [0, 0.1) is 5.82 Å². The van der Waals surface area contributed by atoms with Gasteiger partial charge in [0.2, 0.25) is 0 Å². The summed E-state index contributed by atoms with van der Waals surface area (Å²) < 4.78 is 18.8. The first-order valence-corrected chi connectivity index (χ1v) is 6.36. The maximum absolute atomic E-state index is 13.2. The Labute approximate surface area is 117 Å². The molecule has 2 N–H and O–H groups in total. The number of benzene rings is 2. The van der Waals surface area contributed by atoms with Crippen molar-refractivity contribution in [2.45, 2.75) is 19.6 Å². The van der Waals surface area contributed by atoms with E-state index in [1.165, 1.54) is 12.1 Å². The molecule has 0 spiro atoms. The van der Waals surface area contributed by atoms with Gasteiger partial charge >= 0.3 is 0 Å². The van der Waals surface area contributed by atoms with E-state index < -0.39 is 5.82 Å². The molecule has 0 heterocycles. The molecule has 0 bridgehead atoms. The number of hydrogen-bond acceptors (Lipinski definition) is 2. The zero-order valence-corrected chi connectivity index (χ0v) is 11.3. The molecule has 2 aromatic rings. The van der Waals surface area contributed by atoms with Gasteiger partial charge in [-0.1, -0.05) is 29.8 Å². The van der Waals surface area contributed by atoms with E-state index in [1.54, 1.807) is 6.07 Å². The van der Waals surface area contributed by atoms with Crippen LogP contribution in [0.1, 0.15) is 24.1 Å². The minimum absolute atomic E-state index is 0.000545. The molecule has 2 nitrogen and oxygen atoms in total. The van der Waals surface area contributed by atoms with Crippen molar-refractivity contribution in [3.05, 3.63) is 64.4 Å². The van der Waals surface area contributed by atoms with Gasteiger partial charge in [0.1, 0.15) is 18.2 Å². The van der Waals surface area contributed by atoms with Crippen molar-refractivity contribution in [1.82, 2.24) is 0 Å². The van der Waals surface area contributed by atoms with Crippen LogP contribution >= 0.6 is 11.6 Å². The summed E-state index contributed by atoms with van der Waals surface area (Å²) >= 11 is 5.62. The van der Waals surface area contributed by atoms with Crippen LogP contribution in [0.2, 0.25) is 5.02 Å². The summed E-state index contributed by atoms with van der Waals surface area (Å²) in [4.78, 5) is 0. The van der Waals surface area contributed by atoms with Crippen LogP contribution < -0.4 is 10.5 Å². The smallest absolute Gasteiger partial charge is 0.142 e. The molecule has 4 heteroatoms. The van der Waals surface area contributed by atoms with Crippen LogP contribution in [0.15, 0.2) is 42.5 Å². The molecule has 0 saturated heterocycles. The summed E-state index contributed by atoms with van der Waals surface area (Å²) in [6, 6.07) is 12.2. The molecule has 0 unspecified atom stereocenters. The van der Waals surface area contributed by atoms with Gasteiger partial charge in [0, 0.05) is 6.04 Å². The highest BCUT2D eigenvalue weighted by Gasteiger charge is 2.03. The van der Waals surface area contributed by atoms with E-state index in [2.05, 4.69) is 0 Å². The highest BCUT2D eigenvalue weighted by atomic mass is 35.5. The molecule has 2 aromatic carbocycles. The average Bonchev–Trinajstić information content (AvgIpc) is 2.40. The Morgan fingerprint density at radius 3 is 2.47 bits per heavy atom. The topological polar surface area (TPSA) is 35.2 Å². The van der Waals surface area contributed by atoms with E-state index in [9.17, 15) is 4.39 Å². The summed E-state index contributed by atoms with van der Waals surface area (Å²) in [7, 11) is 0. The van der Waals surface area contributed by atoms with Crippen LogP contribution in [0.5, 0.6) is 5.75 Å². The monoisotopic (exact) mass is 279 g/mol. The number of hydrogen-bond donors (Lipinski definition) is 1. The molecule has 0 aliphatic heterocycles. The van der Waals surface area contributed by atoms with Gasteiger partial charge in [0.25, 0.3) is 0 Å². The third kappa shape index (κ3) is 3.69. The molecule has 2 rings (SSSR count). The number of nitrogens with two attached hydrogens (primary N) is 1. The average molecular weight is 280 g/mol. The Hall–Kier alpha value is -1.58. The molecule has 0 aliphatic rings. The summed E-state index contributed by atoms with van der Waals surface area (Å²) in [5.41, 5.74) is 7.55. The number of rotatable bonds is 4. The first kappa shape index (κ1) is 13.8. The lowest BCUT2D eigenvalue weighted by Gasteiger charge is -2.09. The second kappa shape index (κ2) is 6.04. The van der Waals surface area contributed by atoms with E-state index in [0.717, 1.165) is 16.9 Å². The van der Waals surface area contributed by atoms with E-state index in [4.69, 9.17) is 22.1 Å². The SMILES string of the molecule is C[C@H](N)c1ccc(OCc2ccc(Cl)c(F)c2)cc1. The minimum atomic E-state index is -0.435. The third-order valence-corrected chi connectivity index (χ3v) is 3.10. The van der Waals surface area contributed by atoms with Crippen molar-refractivity contribution in [3.8, 4) is 5.75 Å². The van der Waals surface area contributed by atoms with Gasteiger partial charge in [0.15, 0.2) is 0 Å². The highest BCUT2D eigenvalue weighted by molar-refractivity contribution is 6.30. The van der Waals surface area contributed by atoms with Crippen molar-refractivity contribution in [3.63, 3.8) is 0 Å². The first-order chi connectivity index (χ1) is 9.06. The fraction of sp³-hybridized carbons (Fsp3) is 0.200. The summed E-state index contributed by atoms with van der Waals surface area (Å²) in [6.07, 6.45) is 0. The molecular weight excluding hydrogens is 265 g/mol. The lowest BCUT2D eigenvalue weighted by Crippen LogP contribution is -2.04. The largest absolute Gasteiger partial charge is 0.489 e. The van der Waals surface area contributed by atoms with E-state index in [-0.39, 0.29) is 11.1 Å². The van der Waals surface area contributed by atoms with Gasteiger partial charge in [-0.25, -0.2) is 4.39 Å². The second-order valence-electron chi connectivity index (χ2n) is 4.39. The van der Waals surface area contributed by atoms with Crippen LogP contribution in [0.25, 0.3) is 0 Å². The van der Waals surface area contributed by atoms with Gasteiger partial charge in [-0.15, -0.1) is 0 Å². The predicted molar refractivity (Wildman–Crippen MR) is 74.8 cm³/mol. The molecule has 19 heavy (non-hydrogen) atoms. The number of halogens is 2. The Kier molecular flexibility index (Phi) is 4.40. The second-order valence-corrected chi connectivity index (χ2v) is 4.80. The zero-order chi connectivity index (χ0) is 13.8. The van der Waals surface area contributed by atoms with E-state index in [0.29, 0.717) is 6.61 Å². The third-order valence-electron chi connectivity index (χ3n) is 2.80. The van der Waals surface area contributed by atoms with Crippen molar-refractivity contribution in [1.29, 1.82) is 0 Å². The molecule has 0 amide bonds. The number of ether oxygens (including phenoxy) is 1. The molecule has 1 atom stereocenters. The minimum Gasteiger partial charge on any atom is -0.489 e. The zero-order valence-electron chi connectivity index (χ0n) is 10.6. The fourth-order valence-electron chi connectivity index (χ4n) is 1.66. The van der Waals surface area contributed by atoms with Crippen LogP contribution in [-0.4, -0.2) is 0 Å². The van der Waals surface area contributed by atoms with Gasteiger partial charge in [-0.2, -0.15) is 0 Å². The molecule has 0 fully saturated rings. The van der Waals surface area contributed by atoms with Gasteiger partial charge in [-0.05, 0) is 42.3 Å². The van der Waals surface area contributed by atoms with Gasteiger partial charge in [-0.3, -0.25) is 0 Å². The maximum atomic E-state index is 13.2. The van der Waals surface area contributed by atoms with Gasteiger partial charge < -0.3 is 10.5 Å². The summed E-state index contributed by atoms with van der Waals surface area (Å²) in [5, 5.41) is 0.116. The molecule has 0 aliphatic carbocycles. The van der Waals surface area contributed by atoms with Crippen molar-refractivity contribution in [2.24, 2.45) is 5.73 Å².